The van der Waals surface area contributed by atoms with Crippen molar-refractivity contribution in [1.29, 1.82) is 0 Å². The van der Waals surface area contributed by atoms with Crippen molar-refractivity contribution in [3.05, 3.63) is 72.1 Å². The van der Waals surface area contributed by atoms with Crippen LogP contribution >= 0.6 is 0 Å². The molecule has 0 bridgehead atoms. The largest absolute Gasteiger partial charge is 0.453 e. The molecule has 2 heterocycles. The van der Waals surface area contributed by atoms with E-state index >= 15 is 0 Å². The average Bonchev–Trinajstić information content (AvgIpc) is 3.09. The predicted molar refractivity (Wildman–Crippen MR) is 82.6 cm³/mol. The number of benzene rings is 2. The first-order valence-electron chi connectivity index (χ1n) is 6.81. The Kier molecular flexibility index (Phi) is 2.48. The standard InChI is InChI=1S/C18H13NO2/c1-19-11-14(13-7-3-4-8-15(13)19)18(20)17-10-12-6-2-5-9-16(12)21-17/h2-11H,1H3. The number of hydrogen-bond donors (Lipinski definition) is 0. The lowest BCUT2D eigenvalue weighted by Crippen LogP contribution is -1.98. The number of ketones is 1. The highest BCUT2D eigenvalue weighted by Crippen LogP contribution is 2.26. The van der Waals surface area contributed by atoms with Crippen molar-refractivity contribution in [2.24, 2.45) is 7.05 Å². The van der Waals surface area contributed by atoms with Crippen LogP contribution in [0.5, 0.6) is 0 Å². The summed E-state index contributed by atoms with van der Waals surface area (Å²) in [6.45, 7) is 0. The molecule has 0 spiro atoms. The average molecular weight is 275 g/mol. The summed E-state index contributed by atoms with van der Waals surface area (Å²) in [6, 6.07) is 17.3. The van der Waals surface area contributed by atoms with Crippen LogP contribution in [-0.2, 0) is 7.05 Å². The number of fused-ring (bicyclic) bond motifs is 2. The summed E-state index contributed by atoms with van der Waals surface area (Å²) in [7, 11) is 1.94. The molecule has 4 aromatic rings. The number of carbonyl (C=O) groups is 1. The van der Waals surface area contributed by atoms with Crippen molar-refractivity contribution < 1.29 is 9.21 Å². The molecule has 0 radical (unpaired) electrons. The molecular weight excluding hydrogens is 262 g/mol. The van der Waals surface area contributed by atoms with E-state index in [1.807, 2.05) is 66.3 Å². The highest BCUT2D eigenvalue weighted by molar-refractivity contribution is 6.16. The Balaban J connectivity index is 1.90. The van der Waals surface area contributed by atoms with Gasteiger partial charge in [0.05, 0.1) is 5.56 Å². The fourth-order valence-corrected chi connectivity index (χ4v) is 2.75. The van der Waals surface area contributed by atoms with Crippen LogP contribution in [0.2, 0.25) is 0 Å². The van der Waals surface area contributed by atoms with Gasteiger partial charge in [0.15, 0.2) is 5.76 Å². The highest BCUT2D eigenvalue weighted by atomic mass is 16.3. The van der Waals surface area contributed by atoms with Gasteiger partial charge < -0.3 is 8.98 Å². The van der Waals surface area contributed by atoms with Crippen LogP contribution in [0, 0.1) is 0 Å². The molecule has 0 unspecified atom stereocenters. The molecule has 102 valence electrons. The van der Waals surface area contributed by atoms with Crippen LogP contribution < -0.4 is 0 Å². The van der Waals surface area contributed by atoms with Gasteiger partial charge in [0, 0.05) is 29.5 Å². The van der Waals surface area contributed by atoms with Crippen molar-refractivity contribution in [2.75, 3.05) is 0 Å². The third-order valence-electron chi connectivity index (χ3n) is 3.79. The van der Waals surface area contributed by atoms with E-state index in [9.17, 15) is 4.79 Å². The van der Waals surface area contributed by atoms with Crippen molar-refractivity contribution in [3.8, 4) is 0 Å². The predicted octanol–water partition coefficient (Wildman–Crippen LogP) is 4.16. The van der Waals surface area contributed by atoms with E-state index in [2.05, 4.69) is 0 Å². The van der Waals surface area contributed by atoms with E-state index in [4.69, 9.17) is 4.42 Å². The van der Waals surface area contributed by atoms with Gasteiger partial charge >= 0.3 is 0 Å². The van der Waals surface area contributed by atoms with Gasteiger partial charge in [0.2, 0.25) is 5.78 Å². The molecule has 0 saturated heterocycles. The fourth-order valence-electron chi connectivity index (χ4n) is 2.75. The summed E-state index contributed by atoms with van der Waals surface area (Å²) in [5.41, 5.74) is 2.45. The number of aryl methyl sites for hydroxylation is 1. The molecule has 2 aromatic carbocycles. The first kappa shape index (κ1) is 12.0. The Morgan fingerprint density at radius 1 is 1.05 bits per heavy atom. The lowest BCUT2D eigenvalue weighted by atomic mass is 10.1. The first-order valence-corrected chi connectivity index (χ1v) is 6.81. The van der Waals surface area contributed by atoms with Gasteiger partial charge in [-0.25, -0.2) is 0 Å². The minimum absolute atomic E-state index is 0.0806. The van der Waals surface area contributed by atoms with Gasteiger partial charge in [-0.15, -0.1) is 0 Å². The third-order valence-corrected chi connectivity index (χ3v) is 3.79. The Morgan fingerprint density at radius 3 is 2.67 bits per heavy atom. The number of hydrogen-bond acceptors (Lipinski definition) is 2. The molecule has 2 aromatic heterocycles. The Morgan fingerprint density at radius 2 is 1.81 bits per heavy atom. The zero-order chi connectivity index (χ0) is 14.4. The summed E-state index contributed by atoms with van der Waals surface area (Å²) < 4.78 is 7.65. The molecule has 0 aliphatic carbocycles. The van der Waals surface area contributed by atoms with E-state index in [1.165, 1.54) is 0 Å². The third kappa shape index (κ3) is 1.78. The van der Waals surface area contributed by atoms with Gasteiger partial charge in [-0.2, -0.15) is 0 Å². The van der Waals surface area contributed by atoms with Crippen LogP contribution in [0.15, 0.2) is 65.2 Å². The van der Waals surface area contributed by atoms with Crippen molar-refractivity contribution in [1.82, 2.24) is 4.57 Å². The highest BCUT2D eigenvalue weighted by Gasteiger charge is 2.19. The van der Waals surface area contributed by atoms with Gasteiger partial charge in [-0.3, -0.25) is 4.79 Å². The van der Waals surface area contributed by atoms with E-state index in [-0.39, 0.29) is 5.78 Å². The summed E-state index contributed by atoms with van der Waals surface area (Å²) in [6.07, 6.45) is 1.86. The molecule has 4 rings (SSSR count). The molecule has 0 amide bonds. The summed E-state index contributed by atoms with van der Waals surface area (Å²) in [4.78, 5) is 12.7. The number of rotatable bonds is 2. The maximum atomic E-state index is 12.7. The van der Waals surface area contributed by atoms with Gasteiger partial charge in [-0.05, 0) is 18.2 Å². The van der Waals surface area contributed by atoms with Crippen molar-refractivity contribution >= 4 is 27.7 Å². The second kappa shape index (κ2) is 4.35. The Labute approximate surface area is 121 Å². The zero-order valence-corrected chi connectivity index (χ0v) is 11.5. The lowest BCUT2D eigenvalue weighted by molar-refractivity contribution is 0.101. The normalized spacial score (nSPS) is 11.3. The van der Waals surface area contributed by atoms with E-state index < -0.39 is 0 Å². The molecule has 0 fully saturated rings. The second-order valence-corrected chi connectivity index (χ2v) is 5.15. The number of nitrogens with zero attached hydrogens (tertiary/aromatic N) is 1. The van der Waals surface area contributed by atoms with Crippen LogP contribution in [-0.4, -0.2) is 10.4 Å². The zero-order valence-electron chi connectivity index (χ0n) is 11.5. The van der Waals surface area contributed by atoms with Crippen molar-refractivity contribution in [3.63, 3.8) is 0 Å². The Hall–Kier alpha value is -2.81. The monoisotopic (exact) mass is 275 g/mol. The molecule has 0 saturated carbocycles. The van der Waals surface area contributed by atoms with Crippen molar-refractivity contribution in [2.45, 2.75) is 0 Å². The minimum atomic E-state index is -0.0806. The van der Waals surface area contributed by atoms with Gasteiger partial charge in [-0.1, -0.05) is 36.4 Å². The molecule has 3 nitrogen and oxygen atoms in total. The second-order valence-electron chi connectivity index (χ2n) is 5.15. The molecule has 0 N–H and O–H groups in total. The summed E-state index contributed by atoms with van der Waals surface area (Å²) >= 11 is 0. The number of para-hydroxylation sites is 2. The van der Waals surface area contributed by atoms with Crippen LogP contribution in [0.25, 0.3) is 21.9 Å². The smallest absolute Gasteiger partial charge is 0.230 e. The molecule has 0 aliphatic rings. The fraction of sp³-hybridized carbons (Fsp3) is 0.0556. The van der Waals surface area contributed by atoms with E-state index in [1.54, 1.807) is 6.07 Å². The maximum absolute atomic E-state index is 12.7. The quantitative estimate of drug-likeness (QED) is 0.515. The first-order chi connectivity index (χ1) is 10.2. The molecular formula is C18H13NO2. The minimum Gasteiger partial charge on any atom is -0.453 e. The SMILES string of the molecule is Cn1cc(C(=O)c2cc3ccccc3o2)c2ccccc21. The van der Waals surface area contributed by atoms with Gasteiger partial charge in [0.25, 0.3) is 0 Å². The maximum Gasteiger partial charge on any atom is 0.230 e. The number of carbonyl (C=O) groups excluding carboxylic acids is 1. The Bertz CT molecular complexity index is 942. The van der Waals surface area contributed by atoms with Crippen LogP contribution in [0.3, 0.4) is 0 Å². The summed E-state index contributed by atoms with van der Waals surface area (Å²) in [5, 5.41) is 1.89. The van der Waals surface area contributed by atoms with Gasteiger partial charge in [0.1, 0.15) is 5.58 Å². The van der Waals surface area contributed by atoms with Crippen LogP contribution in [0.1, 0.15) is 16.1 Å². The lowest BCUT2D eigenvalue weighted by Gasteiger charge is -1.95. The number of furan rings is 1. The molecule has 21 heavy (non-hydrogen) atoms. The molecule has 3 heteroatoms. The van der Waals surface area contributed by atoms with E-state index in [0.717, 1.165) is 21.9 Å². The number of aromatic nitrogens is 1. The topological polar surface area (TPSA) is 35.1 Å². The molecule has 0 atom stereocenters. The molecule has 0 aliphatic heterocycles. The summed E-state index contributed by atoms with van der Waals surface area (Å²) in [5.74, 6) is 0.301. The van der Waals surface area contributed by atoms with E-state index in [0.29, 0.717) is 11.3 Å². The van der Waals surface area contributed by atoms with Crippen LogP contribution in [0.4, 0.5) is 0 Å².